The van der Waals surface area contributed by atoms with E-state index in [4.69, 9.17) is 11.5 Å². The molecule has 0 aliphatic heterocycles. The second-order valence-electron chi connectivity index (χ2n) is 3.38. The van der Waals surface area contributed by atoms with Gasteiger partial charge in [-0.05, 0) is 18.8 Å². The molecule has 0 aromatic rings. The minimum atomic E-state index is -0.499. The number of carbonyl (C=O) groups is 1. The van der Waals surface area contributed by atoms with Crippen molar-refractivity contribution in [1.29, 1.82) is 0 Å². The van der Waals surface area contributed by atoms with Gasteiger partial charge in [-0.3, -0.25) is 4.79 Å². The number of rotatable bonds is 2. The van der Waals surface area contributed by atoms with Crippen LogP contribution in [0.5, 0.6) is 0 Å². The summed E-state index contributed by atoms with van der Waals surface area (Å²) < 4.78 is 0. The van der Waals surface area contributed by atoms with Gasteiger partial charge in [-0.1, -0.05) is 25.3 Å². The molecule has 0 bridgehead atoms. The summed E-state index contributed by atoms with van der Waals surface area (Å²) >= 11 is 0. The Labute approximate surface area is 72.8 Å². The Morgan fingerprint density at radius 2 is 1.75 bits per heavy atom. The van der Waals surface area contributed by atoms with E-state index in [2.05, 4.69) is 0 Å². The van der Waals surface area contributed by atoms with E-state index in [0.29, 0.717) is 5.92 Å². The second-order valence-corrected chi connectivity index (χ2v) is 3.38. The summed E-state index contributed by atoms with van der Waals surface area (Å²) in [6.07, 6.45) is 7.91. The van der Waals surface area contributed by atoms with Gasteiger partial charge in [0, 0.05) is 0 Å². The van der Waals surface area contributed by atoms with E-state index < -0.39 is 5.91 Å². The summed E-state index contributed by atoms with van der Waals surface area (Å²) in [5.41, 5.74) is 10.7. The van der Waals surface area contributed by atoms with Crippen molar-refractivity contribution in [2.75, 3.05) is 0 Å². The quantitative estimate of drug-likeness (QED) is 0.601. The van der Waals surface area contributed by atoms with Crippen LogP contribution < -0.4 is 11.5 Å². The number of nitrogens with two attached hydrogens (primary N) is 2. The molecule has 0 unspecified atom stereocenters. The van der Waals surface area contributed by atoms with Crippen LogP contribution in [-0.4, -0.2) is 5.91 Å². The molecule has 1 rings (SSSR count). The van der Waals surface area contributed by atoms with Gasteiger partial charge in [-0.25, -0.2) is 0 Å². The Bertz CT molecular complexity index is 193. The molecule has 0 aromatic heterocycles. The number of hydrogen-bond donors (Lipinski definition) is 2. The Hall–Kier alpha value is -0.990. The highest BCUT2D eigenvalue weighted by Crippen LogP contribution is 2.24. The molecular weight excluding hydrogens is 152 g/mol. The lowest BCUT2D eigenvalue weighted by Crippen LogP contribution is -2.21. The average Bonchev–Trinajstić information content (AvgIpc) is 2.06. The van der Waals surface area contributed by atoms with Gasteiger partial charge in [0.2, 0.25) is 0 Å². The molecule has 0 heterocycles. The monoisotopic (exact) mass is 168 g/mol. The maximum absolute atomic E-state index is 10.6. The second kappa shape index (κ2) is 4.14. The molecule has 68 valence electrons. The van der Waals surface area contributed by atoms with Crippen molar-refractivity contribution < 1.29 is 4.79 Å². The topological polar surface area (TPSA) is 69.1 Å². The van der Waals surface area contributed by atoms with Crippen LogP contribution in [0.15, 0.2) is 11.8 Å². The molecule has 12 heavy (non-hydrogen) atoms. The fourth-order valence-electron chi connectivity index (χ4n) is 1.64. The Morgan fingerprint density at radius 3 is 2.25 bits per heavy atom. The first-order chi connectivity index (χ1) is 5.70. The lowest BCUT2D eigenvalue weighted by atomic mass is 9.88. The van der Waals surface area contributed by atoms with Crippen molar-refractivity contribution in [3.63, 3.8) is 0 Å². The van der Waals surface area contributed by atoms with Crippen LogP contribution in [0.4, 0.5) is 0 Å². The largest absolute Gasteiger partial charge is 0.395 e. The van der Waals surface area contributed by atoms with Crippen molar-refractivity contribution in [2.24, 2.45) is 17.4 Å². The number of amides is 1. The summed E-state index contributed by atoms with van der Waals surface area (Å²) in [5, 5.41) is 0. The van der Waals surface area contributed by atoms with Crippen molar-refractivity contribution >= 4 is 5.91 Å². The zero-order chi connectivity index (χ0) is 8.97. The summed E-state index contributed by atoms with van der Waals surface area (Å²) in [4.78, 5) is 10.6. The van der Waals surface area contributed by atoms with Crippen LogP contribution >= 0.6 is 0 Å². The van der Waals surface area contributed by atoms with E-state index in [0.717, 1.165) is 12.8 Å². The lowest BCUT2D eigenvalue weighted by Gasteiger charge is -2.18. The highest BCUT2D eigenvalue weighted by atomic mass is 16.1. The summed E-state index contributed by atoms with van der Waals surface area (Å²) in [5.74, 6) is -0.0215. The minimum absolute atomic E-state index is 0.224. The summed E-state index contributed by atoms with van der Waals surface area (Å²) in [6, 6.07) is 0. The normalized spacial score (nSPS) is 20.8. The van der Waals surface area contributed by atoms with Crippen LogP contribution in [0.1, 0.15) is 32.1 Å². The fraction of sp³-hybridized carbons (Fsp3) is 0.667. The van der Waals surface area contributed by atoms with E-state index in [-0.39, 0.29) is 5.70 Å². The van der Waals surface area contributed by atoms with Crippen LogP contribution in [0.2, 0.25) is 0 Å². The Morgan fingerprint density at radius 1 is 1.17 bits per heavy atom. The van der Waals surface area contributed by atoms with Crippen molar-refractivity contribution in [3.05, 3.63) is 11.8 Å². The lowest BCUT2D eigenvalue weighted by molar-refractivity contribution is -0.114. The molecule has 0 spiro atoms. The molecule has 1 aliphatic carbocycles. The zero-order valence-corrected chi connectivity index (χ0v) is 7.25. The van der Waals surface area contributed by atoms with Gasteiger partial charge in [0.1, 0.15) is 0 Å². The number of carbonyl (C=O) groups excluding carboxylic acids is 1. The first-order valence-electron chi connectivity index (χ1n) is 4.47. The first-order valence-corrected chi connectivity index (χ1v) is 4.47. The molecule has 0 aromatic carbocycles. The van der Waals surface area contributed by atoms with Crippen LogP contribution in [-0.2, 0) is 4.79 Å². The highest BCUT2D eigenvalue weighted by Gasteiger charge is 2.12. The van der Waals surface area contributed by atoms with Crippen LogP contribution in [0.3, 0.4) is 0 Å². The molecule has 3 nitrogen and oxygen atoms in total. The molecule has 1 saturated carbocycles. The van der Waals surface area contributed by atoms with Gasteiger partial charge in [0.05, 0.1) is 5.70 Å². The van der Waals surface area contributed by atoms with Crippen molar-refractivity contribution in [2.45, 2.75) is 32.1 Å². The third-order valence-corrected chi connectivity index (χ3v) is 2.35. The molecule has 0 atom stereocenters. The fourth-order valence-corrected chi connectivity index (χ4v) is 1.64. The minimum Gasteiger partial charge on any atom is -0.395 e. The molecule has 1 aliphatic rings. The molecular formula is C9H16N2O. The van der Waals surface area contributed by atoms with E-state index in [1.54, 1.807) is 0 Å². The van der Waals surface area contributed by atoms with E-state index >= 15 is 0 Å². The van der Waals surface area contributed by atoms with Gasteiger partial charge in [0.15, 0.2) is 0 Å². The highest BCUT2D eigenvalue weighted by molar-refractivity contribution is 5.90. The van der Waals surface area contributed by atoms with Crippen LogP contribution in [0, 0.1) is 5.92 Å². The Kier molecular flexibility index (Phi) is 3.14. The van der Waals surface area contributed by atoms with Crippen LogP contribution in [0.25, 0.3) is 0 Å². The number of primary amides is 1. The molecule has 0 radical (unpaired) electrons. The van der Waals surface area contributed by atoms with Gasteiger partial charge in [-0.15, -0.1) is 0 Å². The van der Waals surface area contributed by atoms with Crippen molar-refractivity contribution in [1.82, 2.24) is 0 Å². The smallest absolute Gasteiger partial charge is 0.264 e. The SMILES string of the molecule is NC(=O)/C(N)=C/C1CCCCC1. The van der Waals surface area contributed by atoms with Gasteiger partial charge in [0.25, 0.3) is 5.91 Å². The molecule has 1 amide bonds. The van der Waals surface area contributed by atoms with E-state index in [9.17, 15) is 4.79 Å². The van der Waals surface area contributed by atoms with Gasteiger partial charge >= 0.3 is 0 Å². The van der Waals surface area contributed by atoms with E-state index in [1.165, 1.54) is 19.3 Å². The molecule has 4 N–H and O–H groups in total. The molecule has 1 fully saturated rings. The Balaban J connectivity index is 2.47. The third kappa shape index (κ3) is 2.57. The average molecular weight is 168 g/mol. The van der Waals surface area contributed by atoms with E-state index in [1.807, 2.05) is 6.08 Å². The number of hydrogen-bond acceptors (Lipinski definition) is 2. The van der Waals surface area contributed by atoms with Gasteiger partial charge < -0.3 is 11.5 Å². The first kappa shape index (κ1) is 9.10. The standard InChI is InChI=1S/C9H16N2O/c10-8(9(11)12)6-7-4-2-1-3-5-7/h6-7H,1-5,10H2,(H2,11,12)/b8-6-. The zero-order valence-electron chi connectivity index (χ0n) is 7.25. The summed E-state index contributed by atoms with van der Waals surface area (Å²) in [6.45, 7) is 0. The predicted molar refractivity (Wildman–Crippen MR) is 48.0 cm³/mol. The maximum atomic E-state index is 10.6. The van der Waals surface area contributed by atoms with Crippen molar-refractivity contribution in [3.8, 4) is 0 Å². The maximum Gasteiger partial charge on any atom is 0.264 e. The third-order valence-electron chi connectivity index (χ3n) is 2.35. The number of allylic oxidation sites excluding steroid dienone is 1. The molecule has 0 saturated heterocycles. The van der Waals surface area contributed by atoms with Gasteiger partial charge in [-0.2, -0.15) is 0 Å². The predicted octanol–water partition coefficient (Wildman–Crippen LogP) is 0.895. The summed E-state index contributed by atoms with van der Waals surface area (Å²) in [7, 11) is 0. The molecule has 3 heteroatoms.